The van der Waals surface area contributed by atoms with Crippen molar-refractivity contribution in [2.75, 3.05) is 20.5 Å². The first-order chi connectivity index (χ1) is 25.8. The van der Waals surface area contributed by atoms with Crippen molar-refractivity contribution >= 4 is 24.7 Å². The molecule has 6 rings (SSSR count). The monoisotopic (exact) mass is 757 g/mol. The third-order valence-corrected chi connectivity index (χ3v) is 20.4. The SMILES string of the molecule is CCCC(C[C@H](OCOC)[C@@H](C)[C@H]1CC[C@H]2[C@@H]3CC=C4C[C@@H](O[Si](c5ccccc5)(c5ccccc5)C(C)(C)C)CC[C@]4(C)[C@H]3CC[C@]12C)C(=O)OCC. The van der Waals surface area contributed by atoms with Crippen LogP contribution in [0.4, 0.5) is 0 Å². The topological polar surface area (TPSA) is 54.0 Å². The van der Waals surface area contributed by atoms with E-state index in [1.807, 2.05) is 6.92 Å². The summed E-state index contributed by atoms with van der Waals surface area (Å²) in [4.78, 5) is 13.0. The van der Waals surface area contributed by atoms with E-state index >= 15 is 0 Å². The van der Waals surface area contributed by atoms with Gasteiger partial charge in [-0.15, -0.1) is 0 Å². The summed E-state index contributed by atoms with van der Waals surface area (Å²) < 4.78 is 25.2. The lowest BCUT2D eigenvalue weighted by molar-refractivity contribution is -0.154. The number of allylic oxidation sites excluding steroid dienone is 1. The van der Waals surface area contributed by atoms with Crippen LogP contribution in [-0.4, -0.2) is 47.0 Å². The van der Waals surface area contributed by atoms with E-state index in [2.05, 4.69) is 115 Å². The summed E-state index contributed by atoms with van der Waals surface area (Å²) in [6.45, 7) is 19.6. The Labute approximate surface area is 329 Å². The summed E-state index contributed by atoms with van der Waals surface area (Å²) in [7, 11) is -0.914. The van der Waals surface area contributed by atoms with Crippen molar-refractivity contribution < 1.29 is 23.4 Å². The highest BCUT2D eigenvalue weighted by molar-refractivity contribution is 6.99. The second-order valence-corrected chi connectivity index (χ2v) is 23.3. The molecule has 4 aliphatic carbocycles. The Morgan fingerprint density at radius 3 is 2.17 bits per heavy atom. The molecular formula is C48H72O5Si. The fourth-order valence-electron chi connectivity index (χ4n) is 12.6. The van der Waals surface area contributed by atoms with Gasteiger partial charge in [0.15, 0.2) is 0 Å². The Balaban J connectivity index is 1.22. The van der Waals surface area contributed by atoms with Gasteiger partial charge in [-0.05, 0) is 127 Å². The number of hydrogen-bond acceptors (Lipinski definition) is 5. The molecule has 3 fully saturated rings. The lowest BCUT2D eigenvalue weighted by atomic mass is 9.47. The normalized spacial score (nSPS) is 31.4. The molecule has 0 N–H and O–H groups in total. The molecular weight excluding hydrogens is 685 g/mol. The van der Waals surface area contributed by atoms with Crippen molar-refractivity contribution in [1.82, 2.24) is 0 Å². The van der Waals surface area contributed by atoms with Gasteiger partial charge >= 0.3 is 5.97 Å². The van der Waals surface area contributed by atoms with Crippen LogP contribution in [0.2, 0.25) is 5.04 Å². The average molecular weight is 757 g/mol. The molecule has 4 aliphatic rings. The molecule has 2 aromatic rings. The lowest BCUT2D eigenvalue weighted by Crippen LogP contribution is -2.68. The van der Waals surface area contributed by atoms with Crippen LogP contribution in [0.25, 0.3) is 0 Å². The zero-order valence-electron chi connectivity index (χ0n) is 35.2. The molecule has 54 heavy (non-hydrogen) atoms. The minimum atomic E-state index is -2.61. The Morgan fingerprint density at radius 1 is 0.907 bits per heavy atom. The molecule has 0 heterocycles. The van der Waals surface area contributed by atoms with Gasteiger partial charge in [0.25, 0.3) is 8.32 Å². The molecule has 1 unspecified atom stereocenters. The van der Waals surface area contributed by atoms with Crippen molar-refractivity contribution in [3.05, 3.63) is 72.3 Å². The van der Waals surface area contributed by atoms with E-state index < -0.39 is 8.32 Å². The van der Waals surface area contributed by atoms with Crippen LogP contribution in [0.1, 0.15) is 126 Å². The van der Waals surface area contributed by atoms with Crippen LogP contribution < -0.4 is 10.4 Å². The van der Waals surface area contributed by atoms with E-state index in [4.69, 9.17) is 18.6 Å². The van der Waals surface area contributed by atoms with Crippen LogP contribution in [0.3, 0.4) is 0 Å². The van der Waals surface area contributed by atoms with Gasteiger partial charge in [0.1, 0.15) is 6.79 Å². The van der Waals surface area contributed by atoms with Gasteiger partial charge in [-0.25, -0.2) is 0 Å². The number of carbonyl (C=O) groups excluding carboxylic acids is 1. The Hall–Kier alpha value is -2.25. The fraction of sp³-hybridized carbons (Fsp3) is 0.688. The largest absolute Gasteiger partial charge is 0.466 e. The number of benzene rings is 2. The standard InChI is InChI=1S/C48H72O5Si/c1-10-18-35(45(49)51-11-2)31-44(52-33-50-9)34(3)41-25-26-42-40-24-23-36-32-37(27-29-47(36,7)43(40)28-30-48(41,42)8)53-54(46(4,5)6,38-19-14-12-15-20-38)39-21-16-13-17-22-39/h12-17,19-23,34-35,37,40-44H,10-11,18,24-33H2,1-9H3/t34-,35?,37-,40-,41+,42-,43-,44-,47-,48+/m0/s1. The predicted molar refractivity (Wildman–Crippen MR) is 223 cm³/mol. The van der Waals surface area contributed by atoms with Gasteiger partial charge in [0.05, 0.1) is 18.6 Å². The van der Waals surface area contributed by atoms with Crippen LogP contribution in [0, 0.1) is 46.3 Å². The zero-order chi connectivity index (χ0) is 38.7. The molecule has 2 aromatic carbocycles. The van der Waals surface area contributed by atoms with Gasteiger partial charge in [-0.1, -0.05) is 127 Å². The number of hydrogen-bond donors (Lipinski definition) is 0. The van der Waals surface area contributed by atoms with Crippen LogP contribution in [0.15, 0.2) is 72.3 Å². The van der Waals surface area contributed by atoms with E-state index in [0.29, 0.717) is 24.9 Å². The first kappa shape index (κ1) is 41.4. The van der Waals surface area contributed by atoms with Crippen molar-refractivity contribution in [2.45, 2.75) is 143 Å². The Morgan fingerprint density at radius 2 is 1.57 bits per heavy atom. The molecule has 3 saturated carbocycles. The first-order valence-corrected chi connectivity index (χ1v) is 23.5. The van der Waals surface area contributed by atoms with Crippen LogP contribution >= 0.6 is 0 Å². The molecule has 10 atom stereocenters. The van der Waals surface area contributed by atoms with Gasteiger partial charge in [0, 0.05) is 13.2 Å². The molecule has 0 saturated heterocycles. The van der Waals surface area contributed by atoms with E-state index in [0.717, 1.165) is 43.4 Å². The molecule has 298 valence electrons. The quantitative estimate of drug-likeness (QED) is 0.0784. The lowest BCUT2D eigenvalue weighted by Gasteiger charge is -2.59. The summed E-state index contributed by atoms with van der Waals surface area (Å²) in [5.74, 6) is 2.91. The fourth-order valence-corrected chi connectivity index (χ4v) is 17.4. The zero-order valence-corrected chi connectivity index (χ0v) is 36.2. The number of ether oxygens (including phenoxy) is 3. The highest BCUT2D eigenvalue weighted by Crippen LogP contribution is 2.67. The molecule has 0 bridgehead atoms. The molecule has 6 heteroatoms. The first-order valence-electron chi connectivity index (χ1n) is 21.6. The third kappa shape index (κ3) is 7.72. The van der Waals surface area contributed by atoms with Crippen molar-refractivity contribution in [3.8, 4) is 0 Å². The number of fused-ring (bicyclic) bond motifs is 5. The third-order valence-electron chi connectivity index (χ3n) is 15.3. The van der Waals surface area contributed by atoms with Gasteiger partial charge in [-0.2, -0.15) is 0 Å². The molecule has 5 nitrogen and oxygen atoms in total. The maximum atomic E-state index is 13.0. The van der Waals surface area contributed by atoms with Crippen LogP contribution in [0.5, 0.6) is 0 Å². The van der Waals surface area contributed by atoms with Crippen LogP contribution in [-0.2, 0) is 23.4 Å². The number of methoxy groups -OCH3 is 1. The summed E-state index contributed by atoms with van der Waals surface area (Å²) in [5, 5.41) is 2.74. The van der Waals surface area contributed by atoms with Crippen molar-refractivity contribution in [3.63, 3.8) is 0 Å². The van der Waals surface area contributed by atoms with E-state index in [-0.39, 0.29) is 46.8 Å². The predicted octanol–water partition coefficient (Wildman–Crippen LogP) is 10.5. The smallest absolute Gasteiger partial charge is 0.309 e. The van der Waals surface area contributed by atoms with E-state index in [1.54, 1.807) is 12.7 Å². The average Bonchev–Trinajstić information content (AvgIpc) is 3.52. The highest BCUT2D eigenvalue weighted by Gasteiger charge is 2.60. The summed E-state index contributed by atoms with van der Waals surface area (Å²) in [6.07, 6.45) is 15.2. The maximum Gasteiger partial charge on any atom is 0.309 e. The molecule has 0 amide bonds. The van der Waals surface area contributed by atoms with E-state index in [1.165, 1.54) is 48.9 Å². The maximum absolute atomic E-state index is 13.0. The van der Waals surface area contributed by atoms with Gasteiger partial charge in [0.2, 0.25) is 0 Å². The highest BCUT2D eigenvalue weighted by atomic mass is 28.4. The van der Waals surface area contributed by atoms with Crippen molar-refractivity contribution in [1.29, 1.82) is 0 Å². The summed E-state index contributed by atoms with van der Waals surface area (Å²) >= 11 is 0. The van der Waals surface area contributed by atoms with Gasteiger partial charge < -0.3 is 18.6 Å². The Bertz CT molecular complexity index is 1510. The molecule has 0 spiro atoms. The second-order valence-electron chi connectivity index (χ2n) is 19.1. The minimum Gasteiger partial charge on any atom is -0.466 e. The second kappa shape index (κ2) is 17.1. The minimum absolute atomic E-state index is 0.0180. The van der Waals surface area contributed by atoms with Crippen molar-refractivity contribution in [2.24, 2.45) is 46.3 Å². The Kier molecular flexibility index (Phi) is 13.1. The number of rotatable bonds is 15. The number of carbonyl (C=O) groups is 1. The number of esters is 1. The molecule has 0 aromatic heterocycles. The summed E-state index contributed by atoms with van der Waals surface area (Å²) in [5.41, 5.74) is 2.21. The summed E-state index contributed by atoms with van der Waals surface area (Å²) in [6, 6.07) is 22.4. The van der Waals surface area contributed by atoms with Gasteiger partial charge in [-0.3, -0.25) is 4.79 Å². The molecule has 0 aliphatic heterocycles. The van der Waals surface area contributed by atoms with E-state index in [9.17, 15) is 4.79 Å². The molecule has 0 radical (unpaired) electrons.